The normalized spacial score (nSPS) is 11.0. The fraction of sp³-hybridized carbons (Fsp3) is 0.189. The van der Waals surface area contributed by atoms with Gasteiger partial charge in [0.1, 0.15) is 22.8 Å². The van der Waals surface area contributed by atoms with Crippen LogP contribution in [0.25, 0.3) is 26.5 Å². The Morgan fingerprint density at radius 1 is 0.960 bits per heavy atom. The van der Waals surface area contributed by atoms with Crippen molar-refractivity contribution in [3.63, 3.8) is 0 Å². The first-order valence-corrected chi connectivity index (χ1v) is 16.5. The van der Waals surface area contributed by atoms with Gasteiger partial charge in [0.15, 0.2) is 11.6 Å². The number of nitrogens with one attached hydrogen (secondary N) is 2. The minimum Gasteiger partial charge on any atom is -0.497 e. The molecule has 50 heavy (non-hydrogen) atoms. The predicted molar refractivity (Wildman–Crippen MR) is 191 cm³/mol. The van der Waals surface area contributed by atoms with Crippen molar-refractivity contribution in [3.05, 3.63) is 119 Å². The zero-order valence-corrected chi connectivity index (χ0v) is 28.4. The number of methoxy groups -OCH3 is 2. The summed E-state index contributed by atoms with van der Waals surface area (Å²) in [6.45, 7) is 4.05. The number of halogens is 1. The van der Waals surface area contributed by atoms with Gasteiger partial charge in [-0.3, -0.25) is 24.1 Å². The van der Waals surface area contributed by atoms with Crippen molar-refractivity contribution in [2.75, 3.05) is 39.3 Å². The molecule has 0 radical (unpaired) electrons. The molecule has 6 aromatic rings. The molecule has 11 nitrogen and oxygen atoms in total. The van der Waals surface area contributed by atoms with Gasteiger partial charge in [-0.1, -0.05) is 6.07 Å². The molecule has 0 unspecified atom stereocenters. The van der Waals surface area contributed by atoms with E-state index in [0.717, 1.165) is 33.4 Å². The zero-order valence-electron chi connectivity index (χ0n) is 27.6. The van der Waals surface area contributed by atoms with Crippen LogP contribution in [0, 0.1) is 5.82 Å². The summed E-state index contributed by atoms with van der Waals surface area (Å²) in [6, 6.07) is 19.9. The number of hydrogen-bond donors (Lipinski definition) is 2. The number of benzene rings is 2. The second-order valence-electron chi connectivity index (χ2n) is 10.9. The highest BCUT2D eigenvalue weighted by Crippen LogP contribution is 2.39. The Hall–Kier alpha value is -5.63. The fourth-order valence-electron chi connectivity index (χ4n) is 5.13. The number of fused-ring (bicyclic) bond motifs is 1. The lowest BCUT2D eigenvalue weighted by molar-refractivity contribution is 0.102. The van der Waals surface area contributed by atoms with Crippen LogP contribution in [0.1, 0.15) is 22.8 Å². The lowest BCUT2D eigenvalue weighted by atomic mass is 10.2. The molecule has 0 fully saturated rings. The second-order valence-corrected chi connectivity index (χ2v) is 12.0. The predicted octanol–water partition coefficient (Wildman–Crippen LogP) is 6.84. The summed E-state index contributed by atoms with van der Waals surface area (Å²) in [7, 11) is 3.21. The monoisotopic (exact) mass is 695 g/mol. The van der Waals surface area contributed by atoms with Crippen LogP contribution in [0.3, 0.4) is 0 Å². The van der Waals surface area contributed by atoms with Crippen molar-refractivity contribution in [2.45, 2.75) is 13.5 Å². The van der Waals surface area contributed by atoms with Crippen LogP contribution in [-0.4, -0.2) is 54.4 Å². The second kappa shape index (κ2) is 15.7. The molecule has 0 bridgehead atoms. The van der Waals surface area contributed by atoms with Gasteiger partial charge in [-0.15, -0.1) is 11.3 Å². The molecule has 0 aliphatic carbocycles. The molecule has 1 amide bonds. The molecular formula is C37H34FN5O6S. The van der Waals surface area contributed by atoms with E-state index in [0.29, 0.717) is 35.9 Å². The highest BCUT2D eigenvalue weighted by Gasteiger charge is 2.21. The first-order chi connectivity index (χ1) is 24.4. The summed E-state index contributed by atoms with van der Waals surface area (Å²) in [5.41, 5.74) is 2.36. The van der Waals surface area contributed by atoms with Gasteiger partial charge in [0.25, 0.3) is 11.5 Å². The maximum Gasteiger partial charge on any atom is 0.271 e. The van der Waals surface area contributed by atoms with E-state index in [4.69, 9.17) is 18.9 Å². The summed E-state index contributed by atoms with van der Waals surface area (Å²) < 4.78 is 39.4. The van der Waals surface area contributed by atoms with Crippen LogP contribution in [0.4, 0.5) is 10.1 Å². The largest absolute Gasteiger partial charge is 0.497 e. The topological polar surface area (TPSA) is 126 Å². The van der Waals surface area contributed by atoms with Crippen LogP contribution in [0.15, 0.2) is 96.2 Å². The number of hydrogen-bond acceptors (Lipinski definition) is 10. The molecule has 4 aromatic heterocycles. The lowest BCUT2D eigenvalue weighted by Gasteiger charge is -2.14. The molecule has 6 rings (SSSR count). The minimum absolute atomic E-state index is 0.0505. The van der Waals surface area contributed by atoms with E-state index in [-0.39, 0.29) is 29.4 Å². The van der Waals surface area contributed by atoms with Crippen molar-refractivity contribution >= 4 is 33.1 Å². The minimum atomic E-state index is -0.750. The first-order valence-electron chi connectivity index (χ1n) is 15.7. The average Bonchev–Trinajstić information content (AvgIpc) is 3.57. The van der Waals surface area contributed by atoms with Crippen LogP contribution in [-0.2, 0) is 11.3 Å². The zero-order chi connectivity index (χ0) is 35.0. The van der Waals surface area contributed by atoms with Gasteiger partial charge in [0.05, 0.1) is 41.1 Å². The number of aromatic nitrogens is 3. The van der Waals surface area contributed by atoms with Gasteiger partial charge in [-0.25, -0.2) is 4.39 Å². The number of ether oxygens (including phenoxy) is 4. The Labute approximate surface area is 291 Å². The number of amides is 1. The fourth-order valence-corrected chi connectivity index (χ4v) is 6.17. The van der Waals surface area contributed by atoms with Crippen LogP contribution < -0.4 is 30.4 Å². The Morgan fingerprint density at radius 2 is 1.80 bits per heavy atom. The number of rotatable bonds is 14. The highest BCUT2D eigenvalue weighted by molar-refractivity contribution is 7.22. The number of carbonyl (C=O) groups is 1. The molecular weight excluding hydrogens is 662 g/mol. The molecule has 0 saturated heterocycles. The van der Waals surface area contributed by atoms with E-state index in [1.165, 1.54) is 34.2 Å². The van der Waals surface area contributed by atoms with E-state index in [9.17, 15) is 9.59 Å². The maximum atomic E-state index is 15.4. The molecule has 2 aromatic carbocycles. The van der Waals surface area contributed by atoms with E-state index in [2.05, 4.69) is 20.6 Å². The SMILES string of the molecule is CCOc1ccn(-c2ccc(OC)cc2)c(=O)c1C(=O)Nc1ccc(Oc2ccnc3cc(-c4ccc(CNCCOC)cn4)sc23)c(F)c1. The van der Waals surface area contributed by atoms with Gasteiger partial charge >= 0.3 is 0 Å². The first kappa shape index (κ1) is 34.2. The molecule has 0 spiro atoms. The number of nitrogens with zero attached hydrogens (tertiary/aromatic N) is 3. The summed E-state index contributed by atoms with van der Waals surface area (Å²) in [4.78, 5) is 37.0. The van der Waals surface area contributed by atoms with Crippen molar-refractivity contribution in [1.29, 1.82) is 0 Å². The number of thiophene rings is 1. The van der Waals surface area contributed by atoms with Crippen molar-refractivity contribution in [2.24, 2.45) is 0 Å². The quantitative estimate of drug-likeness (QED) is 0.118. The summed E-state index contributed by atoms with van der Waals surface area (Å²) in [6.07, 6.45) is 4.95. The third-order valence-corrected chi connectivity index (χ3v) is 8.77. The molecule has 0 saturated carbocycles. The molecule has 4 heterocycles. The number of carbonyl (C=O) groups excluding carboxylic acids is 1. The van der Waals surface area contributed by atoms with Crippen LogP contribution >= 0.6 is 11.3 Å². The molecule has 0 atom stereocenters. The van der Waals surface area contributed by atoms with Gasteiger partial charge in [-0.2, -0.15) is 0 Å². The van der Waals surface area contributed by atoms with Gasteiger partial charge < -0.3 is 29.6 Å². The Balaban J connectivity index is 1.19. The standard InChI is InChI=1S/C37H34FN5O6S/c1-4-48-31-14-17-43(25-7-9-26(47-3)10-8-25)37(45)34(31)36(44)42-24-6-12-30(27(38)19-24)49-32-13-15-40-29-20-33(50-35(29)32)28-11-5-23(22-41-28)21-39-16-18-46-2/h5-15,17,19-20,22,39H,4,16,18,21H2,1-3H3,(H,42,44). The molecule has 256 valence electrons. The Kier molecular flexibility index (Phi) is 10.8. The van der Waals surface area contributed by atoms with Gasteiger partial charge in [0, 0.05) is 62.3 Å². The maximum absolute atomic E-state index is 15.4. The van der Waals surface area contributed by atoms with Gasteiger partial charge in [-0.05, 0) is 67.1 Å². The number of anilines is 1. The smallest absolute Gasteiger partial charge is 0.271 e. The summed E-state index contributed by atoms with van der Waals surface area (Å²) >= 11 is 1.44. The third-order valence-electron chi connectivity index (χ3n) is 7.61. The van der Waals surface area contributed by atoms with E-state index >= 15 is 4.39 Å². The van der Waals surface area contributed by atoms with E-state index in [1.807, 2.05) is 24.4 Å². The van der Waals surface area contributed by atoms with Crippen LogP contribution in [0.2, 0.25) is 0 Å². The highest BCUT2D eigenvalue weighted by atomic mass is 32.1. The molecule has 0 aliphatic rings. The lowest BCUT2D eigenvalue weighted by Crippen LogP contribution is -2.29. The molecule has 0 aliphatic heterocycles. The third kappa shape index (κ3) is 7.65. The average molecular weight is 696 g/mol. The van der Waals surface area contributed by atoms with E-state index in [1.54, 1.807) is 63.7 Å². The van der Waals surface area contributed by atoms with Crippen molar-refractivity contribution in [1.82, 2.24) is 19.9 Å². The summed E-state index contributed by atoms with van der Waals surface area (Å²) in [5, 5.41) is 5.92. The molecule has 13 heteroatoms. The summed E-state index contributed by atoms with van der Waals surface area (Å²) in [5.74, 6) is -0.362. The van der Waals surface area contributed by atoms with Crippen molar-refractivity contribution < 1.29 is 28.1 Å². The Morgan fingerprint density at radius 3 is 2.52 bits per heavy atom. The van der Waals surface area contributed by atoms with E-state index < -0.39 is 17.3 Å². The molecule has 2 N–H and O–H groups in total. The Bertz CT molecular complexity index is 2170. The number of pyridine rings is 3. The van der Waals surface area contributed by atoms with Crippen LogP contribution in [0.5, 0.6) is 23.0 Å². The van der Waals surface area contributed by atoms with Gasteiger partial charge in [0.2, 0.25) is 0 Å². The van der Waals surface area contributed by atoms with Crippen molar-refractivity contribution in [3.8, 4) is 39.3 Å².